The van der Waals surface area contributed by atoms with E-state index in [2.05, 4.69) is 229 Å². The van der Waals surface area contributed by atoms with Crippen LogP contribution in [0.4, 0.5) is 34.1 Å². The van der Waals surface area contributed by atoms with Crippen molar-refractivity contribution in [2.45, 2.75) is 12.3 Å². The molecule has 1 aliphatic carbocycles. The molecule has 2 heterocycles. The summed E-state index contributed by atoms with van der Waals surface area (Å²) in [6, 6.07) is 76.8. The zero-order valence-electron chi connectivity index (χ0n) is 32.9. The summed E-state index contributed by atoms with van der Waals surface area (Å²) >= 11 is 1.86. The fourth-order valence-corrected chi connectivity index (χ4v) is 11.2. The van der Waals surface area contributed by atoms with Gasteiger partial charge in [0.25, 0.3) is 0 Å². The Balaban J connectivity index is 1.02. The van der Waals surface area contributed by atoms with Gasteiger partial charge in [0.05, 0.1) is 5.41 Å². The van der Waals surface area contributed by atoms with Gasteiger partial charge in [-0.3, -0.25) is 0 Å². The molecule has 2 aliphatic rings. The van der Waals surface area contributed by atoms with Crippen molar-refractivity contribution in [3.8, 4) is 22.6 Å². The third-order valence-corrected chi connectivity index (χ3v) is 13.5. The largest absolute Gasteiger partial charge is 0.457 e. The Kier molecular flexibility index (Phi) is 7.84. The first-order chi connectivity index (χ1) is 29.7. The third kappa shape index (κ3) is 5.14. The number of benzene rings is 9. The highest BCUT2D eigenvalue weighted by molar-refractivity contribution is 7.26. The lowest BCUT2D eigenvalue weighted by Crippen LogP contribution is -2.32. The van der Waals surface area contributed by atoms with Crippen LogP contribution in [0, 0.1) is 6.92 Å². The second-order valence-corrected chi connectivity index (χ2v) is 16.8. The van der Waals surface area contributed by atoms with Gasteiger partial charge in [0.15, 0.2) is 0 Å². The molecule has 0 fully saturated rings. The van der Waals surface area contributed by atoms with Crippen LogP contribution in [0.5, 0.6) is 11.5 Å². The molecule has 0 unspecified atom stereocenters. The van der Waals surface area contributed by atoms with Crippen molar-refractivity contribution in [2.24, 2.45) is 0 Å². The van der Waals surface area contributed by atoms with Crippen LogP contribution in [0.3, 0.4) is 0 Å². The Morgan fingerprint density at radius 1 is 0.383 bits per heavy atom. The molecule has 9 aromatic carbocycles. The predicted molar refractivity (Wildman–Crippen MR) is 251 cm³/mol. The monoisotopic (exact) mass is 786 g/mol. The number of aryl methyl sites for hydroxylation is 1. The van der Waals surface area contributed by atoms with Crippen molar-refractivity contribution in [1.29, 1.82) is 0 Å². The molecular weight excluding hydrogens is 749 g/mol. The molecule has 1 aliphatic heterocycles. The number of anilines is 6. The fraction of sp³-hybridized carbons (Fsp3) is 0.0357. The van der Waals surface area contributed by atoms with Crippen molar-refractivity contribution in [2.75, 3.05) is 9.80 Å². The summed E-state index contributed by atoms with van der Waals surface area (Å²) in [6.07, 6.45) is 0. The molecule has 0 saturated carbocycles. The molecule has 1 aromatic heterocycles. The van der Waals surface area contributed by atoms with E-state index in [1.807, 2.05) is 11.3 Å². The van der Waals surface area contributed by atoms with E-state index < -0.39 is 5.41 Å². The number of hydrogen-bond donors (Lipinski definition) is 0. The molecule has 1 spiro atoms. The molecule has 284 valence electrons. The topological polar surface area (TPSA) is 15.7 Å². The molecular formula is C56H38N2OS. The van der Waals surface area contributed by atoms with Crippen LogP contribution in [0.2, 0.25) is 0 Å². The van der Waals surface area contributed by atoms with Gasteiger partial charge in [-0.05, 0) is 108 Å². The van der Waals surface area contributed by atoms with Gasteiger partial charge in [-0.15, -0.1) is 11.3 Å². The third-order valence-electron chi connectivity index (χ3n) is 12.4. The fourth-order valence-electron chi connectivity index (χ4n) is 9.97. The maximum absolute atomic E-state index is 6.96. The number of ether oxygens (including phenoxy) is 1. The molecule has 0 saturated heterocycles. The number of nitrogens with zero attached hydrogens (tertiary/aromatic N) is 2. The van der Waals surface area contributed by atoms with E-state index in [9.17, 15) is 0 Å². The van der Waals surface area contributed by atoms with E-state index in [1.165, 1.54) is 53.6 Å². The lowest BCUT2D eigenvalue weighted by atomic mass is 9.66. The molecule has 0 atom stereocenters. The highest BCUT2D eigenvalue weighted by Gasteiger charge is 2.51. The SMILES string of the molecule is Cc1cc(N(c2ccccc2)c2ccc3c(c2)Oc2ccccc2C32c3ccccc3-c3ccccc32)cc2sc3cc(N(c4ccccc4)c4ccccc4)ccc3c12. The van der Waals surface area contributed by atoms with Gasteiger partial charge >= 0.3 is 0 Å². The highest BCUT2D eigenvalue weighted by atomic mass is 32.1. The lowest BCUT2D eigenvalue weighted by Gasteiger charge is -2.40. The Morgan fingerprint density at radius 3 is 1.50 bits per heavy atom. The van der Waals surface area contributed by atoms with E-state index in [0.717, 1.165) is 51.2 Å². The highest BCUT2D eigenvalue weighted by Crippen LogP contribution is 2.62. The van der Waals surface area contributed by atoms with E-state index in [4.69, 9.17) is 4.74 Å². The van der Waals surface area contributed by atoms with Crippen LogP contribution in [0.15, 0.2) is 212 Å². The minimum Gasteiger partial charge on any atom is -0.457 e. The number of thiophene rings is 1. The van der Waals surface area contributed by atoms with E-state index in [1.54, 1.807) is 0 Å². The Labute approximate surface area is 353 Å². The van der Waals surface area contributed by atoms with Gasteiger partial charge in [0, 0.05) is 71.5 Å². The van der Waals surface area contributed by atoms with Crippen LogP contribution >= 0.6 is 11.3 Å². The first-order valence-corrected chi connectivity index (χ1v) is 21.3. The number of rotatable bonds is 6. The molecule has 3 nitrogen and oxygen atoms in total. The quantitative estimate of drug-likeness (QED) is 0.167. The minimum atomic E-state index is -0.504. The average molecular weight is 787 g/mol. The molecule has 0 radical (unpaired) electrons. The summed E-state index contributed by atoms with van der Waals surface area (Å²) in [7, 11) is 0. The molecule has 0 N–H and O–H groups in total. The van der Waals surface area contributed by atoms with Crippen molar-refractivity contribution in [3.63, 3.8) is 0 Å². The van der Waals surface area contributed by atoms with E-state index >= 15 is 0 Å². The van der Waals surface area contributed by atoms with Gasteiger partial charge in [0.1, 0.15) is 11.5 Å². The summed E-state index contributed by atoms with van der Waals surface area (Å²) in [4.78, 5) is 4.71. The van der Waals surface area contributed by atoms with Crippen molar-refractivity contribution >= 4 is 65.6 Å². The van der Waals surface area contributed by atoms with Gasteiger partial charge < -0.3 is 14.5 Å². The van der Waals surface area contributed by atoms with Gasteiger partial charge in [-0.1, -0.05) is 133 Å². The number of hydrogen-bond acceptors (Lipinski definition) is 4. The summed E-state index contributed by atoms with van der Waals surface area (Å²) in [6.45, 7) is 2.25. The van der Waals surface area contributed by atoms with Crippen LogP contribution in [-0.2, 0) is 5.41 Å². The first kappa shape index (κ1) is 34.6. The van der Waals surface area contributed by atoms with Crippen LogP contribution in [-0.4, -0.2) is 0 Å². The normalized spacial score (nSPS) is 13.0. The molecule has 4 heteroatoms. The van der Waals surface area contributed by atoms with Crippen molar-refractivity contribution < 1.29 is 4.74 Å². The summed E-state index contributed by atoms with van der Waals surface area (Å²) < 4.78 is 9.47. The van der Waals surface area contributed by atoms with E-state index in [-0.39, 0.29) is 0 Å². The number of fused-ring (bicyclic) bond motifs is 12. The Hall–Kier alpha value is -7.40. The lowest BCUT2D eigenvalue weighted by molar-refractivity contribution is 0.436. The minimum absolute atomic E-state index is 0.504. The average Bonchev–Trinajstić information content (AvgIpc) is 3.82. The smallest absolute Gasteiger partial charge is 0.134 e. The summed E-state index contributed by atoms with van der Waals surface area (Å²) in [5, 5.41) is 2.58. The second kappa shape index (κ2) is 13.6. The molecule has 0 bridgehead atoms. The Bertz CT molecular complexity index is 3180. The summed E-state index contributed by atoms with van der Waals surface area (Å²) in [5.41, 5.74) is 14.8. The van der Waals surface area contributed by atoms with Gasteiger partial charge in [-0.2, -0.15) is 0 Å². The Morgan fingerprint density at radius 2 is 0.867 bits per heavy atom. The van der Waals surface area contributed by atoms with Crippen LogP contribution < -0.4 is 14.5 Å². The van der Waals surface area contributed by atoms with Gasteiger partial charge in [0.2, 0.25) is 0 Å². The maximum atomic E-state index is 6.96. The zero-order chi connectivity index (χ0) is 39.8. The van der Waals surface area contributed by atoms with Gasteiger partial charge in [-0.25, -0.2) is 0 Å². The van der Waals surface area contributed by atoms with E-state index in [0.29, 0.717) is 0 Å². The molecule has 12 rings (SSSR count). The van der Waals surface area contributed by atoms with Crippen LogP contribution in [0.25, 0.3) is 31.3 Å². The standard InChI is InChI=1S/C56H38N2OS/c1-37-33-43(36-54-55(37)46-31-29-42(35-53(46)60-54)57(38-17-5-2-6-18-38)39-19-7-3-8-20-39)58(40-21-9-4-10-22-40)41-30-32-50-52(34-41)59-51-28-16-15-27-49(51)56(50)47-25-13-11-23-44(47)45-24-12-14-26-48(45)56/h2-36H,1H3. The van der Waals surface area contributed by atoms with Crippen molar-refractivity contribution in [1.82, 2.24) is 0 Å². The zero-order valence-corrected chi connectivity index (χ0v) is 33.7. The molecule has 0 amide bonds. The number of para-hydroxylation sites is 4. The molecule has 10 aromatic rings. The first-order valence-electron chi connectivity index (χ1n) is 20.5. The van der Waals surface area contributed by atoms with Crippen LogP contribution in [0.1, 0.15) is 27.8 Å². The summed E-state index contributed by atoms with van der Waals surface area (Å²) in [5.74, 6) is 1.76. The maximum Gasteiger partial charge on any atom is 0.134 e. The predicted octanol–water partition coefficient (Wildman–Crippen LogP) is 15.8. The van der Waals surface area contributed by atoms with Crippen molar-refractivity contribution in [3.05, 3.63) is 240 Å². The second-order valence-electron chi connectivity index (χ2n) is 15.7. The molecule has 60 heavy (non-hydrogen) atoms.